The van der Waals surface area contributed by atoms with Crippen molar-refractivity contribution in [2.24, 2.45) is 0 Å². The molecular formula is C18H14N4. The van der Waals surface area contributed by atoms with Crippen LogP contribution in [0.4, 0.5) is 22.7 Å². The lowest BCUT2D eigenvalue weighted by molar-refractivity contribution is 1.05. The minimum atomic E-state index is 0.928. The number of nitrogens with one attached hydrogen (secondary N) is 2. The number of benzene rings is 2. The van der Waals surface area contributed by atoms with Gasteiger partial charge in [-0.1, -0.05) is 24.3 Å². The zero-order valence-electron chi connectivity index (χ0n) is 11.9. The molecule has 0 fully saturated rings. The zero-order chi connectivity index (χ0) is 14.5. The Labute approximate surface area is 127 Å². The number of hydrogen-bond acceptors (Lipinski definition) is 4. The van der Waals surface area contributed by atoms with E-state index in [2.05, 4.69) is 47.1 Å². The van der Waals surface area contributed by atoms with Gasteiger partial charge in [-0.2, -0.15) is 0 Å². The van der Waals surface area contributed by atoms with E-state index in [0.717, 1.165) is 57.3 Å². The van der Waals surface area contributed by atoms with Crippen molar-refractivity contribution >= 4 is 45.9 Å². The Kier molecular flexibility index (Phi) is 2.30. The van der Waals surface area contributed by atoms with E-state index in [1.165, 1.54) is 0 Å². The number of aromatic nitrogens is 2. The molecule has 0 atom stereocenters. The molecule has 0 amide bonds. The predicted octanol–water partition coefficient (Wildman–Crippen LogP) is 2.79. The molecule has 3 aromatic rings. The van der Waals surface area contributed by atoms with Gasteiger partial charge in [0.15, 0.2) is 0 Å². The van der Waals surface area contributed by atoms with Gasteiger partial charge in [-0.05, 0) is 37.1 Å². The molecule has 0 radical (unpaired) electrons. The molecule has 0 saturated heterocycles. The van der Waals surface area contributed by atoms with Crippen LogP contribution >= 0.6 is 0 Å². The molecule has 4 nitrogen and oxygen atoms in total. The summed E-state index contributed by atoms with van der Waals surface area (Å²) in [5.41, 5.74) is 6.11. The number of para-hydroxylation sites is 2. The number of nitrogens with zero attached hydrogens (tertiary/aromatic N) is 2. The summed E-state index contributed by atoms with van der Waals surface area (Å²) in [7, 11) is 0. The van der Waals surface area contributed by atoms with Crippen LogP contribution in [0.2, 0.25) is 0 Å². The van der Waals surface area contributed by atoms with E-state index < -0.39 is 0 Å². The summed E-state index contributed by atoms with van der Waals surface area (Å²) < 4.78 is 0. The molecule has 1 aliphatic heterocycles. The molecule has 2 N–H and O–H groups in total. The Hall–Kier alpha value is -2.88. The molecule has 0 saturated carbocycles. The van der Waals surface area contributed by atoms with Gasteiger partial charge in [-0.3, -0.25) is 0 Å². The second-order valence-corrected chi connectivity index (χ2v) is 5.66. The second kappa shape index (κ2) is 4.31. The monoisotopic (exact) mass is 286 g/mol. The Morgan fingerprint density at radius 3 is 1.68 bits per heavy atom. The lowest BCUT2D eigenvalue weighted by Crippen LogP contribution is -2.33. The van der Waals surface area contributed by atoms with Crippen molar-refractivity contribution in [1.29, 1.82) is 0 Å². The highest BCUT2D eigenvalue weighted by atomic mass is 15.0. The molecule has 0 unspecified atom stereocenters. The number of fused-ring (bicyclic) bond motifs is 4. The predicted molar refractivity (Wildman–Crippen MR) is 90.0 cm³/mol. The van der Waals surface area contributed by atoms with Gasteiger partial charge in [0.1, 0.15) is 0 Å². The maximum Gasteiger partial charge on any atom is 0.0916 e. The van der Waals surface area contributed by atoms with Crippen LogP contribution in [-0.4, -0.2) is 9.97 Å². The van der Waals surface area contributed by atoms with Crippen molar-refractivity contribution in [2.45, 2.75) is 12.8 Å². The number of hydrogen-bond donors (Lipinski definition) is 2. The Morgan fingerprint density at radius 1 is 0.682 bits per heavy atom. The molecule has 0 spiro atoms. The third-order valence-corrected chi connectivity index (χ3v) is 4.17. The van der Waals surface area contributed by atoms with Gasteiger partial charge >= 0.3 is 0 Å². The first-order valence-corrected chi connectivity index (χ1v) is 7.52. The lowest BCUT2D eigenvalue weighted by atomic mass is 10.1. The Bertz CT molecular complexity index is 953. The minimum Gasteiger partial charge on any atom is -0.352 e. The van der Waals surface area contributed by atoms with Gasteiger partial charge in [-0.25, -0.2) is 9.97 Å². The van der Waals surface area contributed by atoms with Gasteiger partial charge in [0.2, 0.25) is 0 Å². The van der Waals surface area contributed by atoms with Crippen LogP contribution in [0, 0.1) is 0 Å². The molecule has 5 rings (SSSR count). The fourth-order valence-corrected chi connectivity index (χ4v) is 3.07. The standard InChI is InChI=1S/C18H14N4/c1-2-6-12-11(5-1)19-15-9-17-18(10-16(15)20-12)22-14-8-4-3-7-13(14)21-17/h1-2,5-10,19-20H,3-4H2. The van der Waals surface area contributed by atoms with E-state index in [1.54, 1.807) is 0 Å². The van der Waals surface area contributed by atoms with E-state index >= 15 is 0 Å². The normalized spacial score (nSPS) is 14.5. The van der Waals surface area contributed by atoms with Crippen LogP contribution < -0.4 is 21.3 Å². The van der Waals surface area contributed by atoms with Crippen molar-refractivity contribution in [3.05, 3.63) is 47.1 Å². The Morgan fingerprint density at radius 2 is 1.18 bits per heavy atom. The zero-order valence-corrected chi connectivity index (χ0v) is 11.9. The van der Waals surface area contributed by atoms with E-state index in [4.69, 9.17) is 9.97 Å². The first-order valence-electron chi connectivity index (χ1n) is 7.52. The van der Waals surface area contributed by atoms with Crippen LogP contribution in [0.5, 0.6) is 0 Å². The lowest BCUT2D eigenvalue weighted by Gasteiger charge is -2.23. The summed E-state index contributed by atoms with van der Waals surface area (Å²) in [6, 6.07) is 12.3. The fraction of sp³-hybridized carbons (Fsp3) is 0.111. The SMILES string of the molecule is C1=c2nc3cc4c(cc3nc2=CCC1)Nc1ccccc1N4. The molecule has 22 heavy (non-hydrogen) atoms. The summed E-state index contributed by atoms with van der Waals surface area (Å²) in [6.45, 7) is 0. The van der Waals surface area contributed by atoms with Crippen molar-refractivity contribution in [1.82, 2.24) is 9.97 Å². The van der Waals surface area contributed by atoms with E-state index in [1.807, 2.05) is 12.1 Å². The topological polar surface area (TPSA) is 49.8 Å². The third kappa shape index (κ3) is 1.70. The Balaban J connectivity index is 1.75. The number of anilines is 4. The minimum absolute atomic E-state index is 0.928. The molecule has 2 aromatic carbocycles. The van der Waals surface area contributed by atoms with Crippen LogP contribution in [0.25, 0.3) is 23.2 Å². The maximum absolute atomic E-state index is 4.76. The highest BCUT2D eigenvalue weighted by molar-refractivity contribution is 5.96. The highest BCUT2D eigenvalue weighted by Gasteiger charge is 2.15. The molecular weight excluding hydrogens is 272 g/mol. The summed E-state index contributed by atoms with van der Waals surface area (Å²) in [5.74, 6) is 0. The highest BCUT2D eigenvalue weighted by Crippen LogP contribution is 2.39. The average Bonchev–Trinajstić information content (AvgIpc) is 2.56. The van der Waals surface area contributed by atoms with Gasteiger partial charge < -0.3 is 10.6 Å². The van der Waals surface area contributed by atoms with Crippen molar-refractivity contribution in [3.8, 4) is 0 Å². The first-order chi connectivity index (χ1) is 10.9. The number of rotatable bonds is 0. The van der Waals surface area contributed by atoms with E-state index in [-0.39, 0.29) is 0 Å². The van der Waals surface area contributed by atoms with Crippen LogP contribution in [0.3, 0.4) is 0 Å². The summed E-state index contributed by atoms with van der Waals surface area (Å²) in [4.78, 5) is 9.53. The van der Waals surface area contributed by atoms with Crippen LogP contribution in [0.1, 0.15) is 12.8 Å². The van der Waals surface area contributed by atoms with Crippen molar-refractivity contribution < 1.29 is 0 Å². The molecule has 4 heteroatoms. The fourth-order valence-electron chi connectivity index (χ4n) is 3.07. The van der Waals surface area contributed by atoms with Gasteiger partial charge in [-0.15, -0.1) is 0 Å². The van der Waals surface area contributed by atoms with E-state index in [0.29, 0.717) is 0 Å². The summed E-state index contributed by atoms with van der Waals surface area (Å²) >= 11 is 0. The molecule has 1 aromatic heterocycles. The van der Waals surface area contributed by atoms with Crippen LogP contribution in [-0.2, 0) is 0 Å². The molecule has 106 valence electrons. The second-order valence-electron chi connectivity index (χ2n) is 5.66. The molecule has 1 aliphatic carbocycles. The largest absolute Gasteiger partial charge is 0.352 e. The summed E-state index contributed by atoms with van der Waals surface area (Å²) in [6.07, 6.45) is 6.43. The van der Waals surface area contributed by atoms with Gasteiger partial charge in [0, 0.05) is 0 Å². The van der Waals surface area contributed by atoms with E-state index in [9.17, 15) is 0 Å². The van der Waals surface area contributed by atoms with Gasteiger partial charge in [0.05, 0.1) is 44.5 Å². The maximum atomic E-state index is 4.76. The third-order valence-electron chi connectivity index (χ3n) is 4.17. The smallest absolute Gasteiger partial charge is 0.0916 e. The summed E-state index contributed by atoms with van der Waals surface area (Å²) in [5, 5.41) is 8.93. The molecule has 2 heterocycles. The van der Waals surface area contributed by atoms with Crippen molar-refractivity contribution in [3.63, 3.8) is 0 Å². The molecule has 2 aliphatic rings. The van der Waals surface area contributed by atoms with Gasteiger partial charge in [0.25, 0.3) is 0 Å². The average molecular weight is 286 g/mol. The first kappa shape index (κ1) is 11.7. The quantitative estimate of drug-likeness (QED) is 0.522. The van der Waals surface area contributed by atoms with Crippen molar-refractivity contribution in [2.75, 3.05) is 10.6 Å². The van der Waals surface area contributed by atoms with Crippen LogP contribution in [0.15, 0.2) is 36.4 Å². The molecule has 0 bridgehead atoms.